The van der Waals surface area contributed by atoms with Gasteiger partial charge in [-0.15, -0.1) is 0 Å². The van der Waals surface area contributed by atoms with Crippen molar-refractivity contribution in [3.63, 3.8) is 0 Å². The highest BCUT2D eigenvalue weighted by atomic mass is 16.5. The first-order chi connectivity index (χ1) is 12.7. The van der Waals surface area contributed by atoms with Crippen molar-refractivity contribution >= 4 is 0 Å². The molecule has 3 aliphatic carbocycles. The van der Waals surface area contributed by atoms with Crippen molar-refractivity contribution < 1.29 is 4.74 Å². The Balaban J connectivity index is 1.12. The molecule has 148 valence electrons. The molecule has 0 bridgehead atoms. The maximum atomic E-state index is 6.39. The van der Waals surface area contributed by atoms with Crippen LogP contribution in [0.2, 0.25) is 0 Å². The van der Waals surface area contributed by atoms with Crippen molar-refractivity contribution in [3.05, 3.63) is 0 Å². The topological polar surface area (TPSA) is 97.4 Å². The van der Waals surface area contributed by atoms with Gasteiger partial charge in [-0.25, -0.2) is 0 Å². The molecule has 2 aliphatic heterocycles. The first-order valence-electron chi connectivity index (χ1n) is 11.1. The molecule has 8 unspecified atom stereocenters. The molecule has 0 aromatic carbocycles. The van der Waals surface area contributed by atoms with Gasteiger partial charge in [-0.2, -0.15) is 0 Å². The minimum Gasteiger partial charge on any atom is -0.358 e. The number of hydrogen-bond acceptors (Lipinski definition) is 6. The number of nitrogens with one attached hydrogen (secondary N) is 3. The Bertz CT molecular complexity index is 453. The fraction of sp³-hybridized carbons (Fsp3) is 1.00. The van der Waals surface area contributed by atoms with Gasteiger partial charge in [0, 0.05) is 30.2 Å². The molecule has 2 heterocycles. The first kappa shape index (κ1) is 17.8. The van der Waals surface area contributed by atoms with Crippen LogP contribution >= 0.6 is 0 Å². The highest BCUT2D eigenvalue weighted by Gasteiger charge is 2.44. The Hall–Kier alpha value is -0.240. The van der Waals surface area contributed by atoms with Gasteiger partial charge in [-0.05, 0) is 76.0 Å². The third kappa shape index (κ3) is 3.45. The van der Waals surface area contributed by atoms with E-state index in [1.54, 1.807) is 0 Å². The minimum atomic E-state index is 0.265. The zero-order valence-corrected chi connectivity index (χ0v) is 15.9. The standard InChI is InChI=1S/C20H37N5O/c21-13-5-7-15-16(9-13)24-19(23-15)11-1-3-12(4-2-11)20-25-17-10-14(22)6-8-18(17)26-20/h11-20,23-25H,1-10,21-22H2. The third-order valence-corrected chi connectivity index (χ3v) is 7.92. The van der Waals surface area contributed by atoms with Crippen LogP contribution in [0.25, 0.3) is 0 Å². The molecule has 5 rings (SSSR count). The Morgan fingerprint density at radius 3 is 2.08 bits per heavy atom. The van der Waals surface area contributed by atoms with Crippen molar-refractivity contribution in [3.8, 4) is 0 Å². The van der Waals surface area contributed by atoms with E-state index in [2.05, 4.69) is 16.0 Å². The molecule has 5 aliphatic rings. The van der Waals surface area contributed by atoms with Crippen LogP contribution in [0, 0.1) is 11.8 Å². The number of hydrogen-bond donors (Lipinski definition) is 5. The lowest BCUT2D eigenvalue weighted by atomic mass is 9.79. The molecule has 0 amide bonds. The molecule has 0 aromatic rings. The summed E-state index contributed by atoms with van der Waals surface area (Å²) in [5, 5.41) is 11.5. The summed E-state index contributed by atoms with van der Waals surface area (Å²) in [6.45, 7) is 0. The second-order valence-electron chi connectivity index (χ2n) is 9.71. The largest absolute Gasteiger partial charge is 0.358 e. The molecule has 0 radical (unpaired) electrons. The molecule has 0 spiro atoms. The summed E-state index contributed by atoms with van der Waals surface area (Å²) in [6.07, 6.45) is 13.2. The van der Waals surface area contributed by atoms with Crippen LogP contribution in [0.3, 0.4) is 0 Å². The third-order valence-electron chi connectivity index (χ3n) is 7.92. The molecule has 26 heavy (non-hydrogen) atoms. The Morgan fingerprint density at radius 2 is 1.27 bits per heavy atom. The summed E-state index contributed by atoms with van der Waals surface area (Å²) in [4.78, 5) is 0. The van der Waals surface area contributed by atoms with E-state index in [-0.39, 0.29) is 6.23 Å². The number of nitrogens with two attached hydrogens (primary N) is 2. The summed E-state index contributed by atoms with van der Waals surface area (Å²) >= 11 is 0. The maximum Gasteiger partial charge on any atom is 0.111 e. The lowest BCUT2D eigenvalue weighted by molar-refractivity contribution is -0.0211. The van der Waals surface area contributed by atoms with Gasteiger partial charge >= 0.3 is 0 Å². The second-order valence-corrected chi connectivity index (χ2v) is 9.71. The molecule has 6 nitrogen and oxygen atoms in total. The molecule has 8 atom stereocenters. The molecule has 5 fully saturated rings. The van der Waals surface area contributed by atoms with E-state index in [1.165, 1.54) is 38.5 Å². The first-order valence-corrected chi connectivity index (χ1v) is 11.1. The maximum absolute atomic E-state index is 6.39. The van der Waals surface area contributed by atoms with Crippen LogP contribution in [0.5, 0.6) is 0 Å². The monoisotopic (exact) mass is 363 g/mol. The predicted octanol–water partition coefficient (Wildman–Crippen LogP) is 0.754. The van der Waals surface area contributed by atoms with E-state index in [4.69, 9.17) is 16.2 Å². The molecule has 7 N–H and O–H groups in total. The van der Waals surface area contributed by atoms with Crippen LogP contribution in [-0.4, -0.2) is 48.7 Å². The smallest absolute Gasteiger partial charge is 0.111 e. The van der Waals surface area contributed by atoms with Gasteiger partial charge in [-0.3, -0.25) is 16.0 Å². The van der Waals surface area contributed by atoms with Gasteiger partial charge < -0.3 is 16.2 Å². The molecule has 6 heteroatoms. The minimum absolute atomic E-state index is 0.265. The summed E-state index contributed by atoms with van der Waals surface area (Å²) in [5.74, 6) is 1.43. The van der Waals surface area contributed by atoms with Gasteiger partial charge in [0.15, 0.2) is 0 Å². The van der Waals surface area contributed by atoms with Crippen LogP contribution < -0.4 is 27.4 Å². The number of ether oxygens (including phenoxy) is 1. The van der Waals surface area contributed by atoms with Gasteiger partial charge in [0.1, 0.15) is 6.23 Å². The number of rotatable bonds is 2. The molecule has 0 aromatic heterocycles. The van der Waals surface area contributed by atoms with E-state index in [0.717, 1.165) is 31.6 Å². The molecular formula is C20H37N5O. The van der Waals surface area contributed by atoms with Gasteiger partial charge in [0.2, 0.25) is 0 Å². The summed E-state index contributed by atoms with van der Waals surface area (Å²) < 4.78 is 6.39. The van der Waals surface area contributed by atoms with Crippen molar-refractivity contribution in [1.82, 2.24) is 16.0 Å². The van der Waals surface area contributed by atoms with E-state index < -0.39 is 0 Å². The zero-order chi connectivity index (χ0) is 17.7. The van der Waals surface area contributed by atoms with Crippen LogP contribution in [0.4, 0.5) is 0 Å². The van der Waals surface area contributed by atoms with E-state index in [0.29, 0.717) is 48.4 Å². The fourth-order valence-electron chi connectivity index (χ4n) is 6.35. The van der Waals surface area contributed by atoms with Gasteiger partial charge in [-0.1, -0.05) is 0 Å². The number of fused-ring (bicyclic) bond motifs is 2. The summed E-state index contributed by atoms with van der Waals surface area (Å²) in [5.41, 5.74) is 12.3. The summed E-state index contributed by atoms with van der Waals surface area (Å²) in [7, 11) is 0. The summed E-state index contributed by atoms with van der Waals surface area (Å²) in [6, 6.07) is 2.48. The quantitative estimate of drug-likeness (QED) is 0.497. The fourth-order valence-corrected chi connectivity index (χ4v) is 6.35. The zero-order valence-electron chi connectivity index (χ0n) is 15.9. The highest BCUT2D eigenvalue weighted by Crippen LogP contribution is 2.38. The van der Waals surface area contributed by atoms with Gasteiger partial charge in [0.25, 0.3) is 0 Å². The van der Waals surface area contributed by atoms with E-state index in [9.17, 15) is 0 Å². The second kappa shape index (κ2) is 7.30. The average Bonchev–Trinajstić information content (AvgIpc) is 3.25. The Kier molecular flexibility index (Phi) is 5.01. The van der Waals surface area contributed by atoms with Crippen LogP contribution in [-0.2, 0) is 4.74 Å². The van der Waals surface area contributed by atoms with Crippen molar-refractivity contribution in [1.29, 1.82) is 0 Å². The molecule has 2 saturated heterocycles. The Labute approximate surface area is 157 Å². The van der Waals surface area contributed by atoms with Crippen molar-refractivity contribution in [2.75, 3.05) is 0 Å². The average molecular weight is 364 g/mol. The Morgan fingerprint density at radius 1 is 0.615 bits per heavy atom. The van der Waals surface area contributed by atoms with Gasteiger partial charge in [0.05, 0.1) is 12.3 Å². The van der Waals surface area contributed by atoms with Crippen LogP contribution in [0.1, 0.15) is 64.2 Å². The molecular weight excluding hydrogens is 326 g/mol. The SMILES string of the molecule is NC1CCC2NC(C3CCC(C4NC5CC(N)CCC5O4)CC3)NC2C1. The van der Waals surface area contributed by atoms with Crippen LogP contribution in [0.15, 0.2) is 0 Å². The van der Waals surface area contributed by atoms with E-state index in [1.807, 2.05) is 0 Å². The van der Waals surface area contributed by atoms with Crippen molar-refractivity contribution in [2.45, 2.75) is 113 Å². The highest BCUT2D eigenvalue weighted by molar-refractivity contribution is 5.01. The van der Waals surface area contributed by atoms with E-state index >= 15 is 0 Å². The lowest BCUT2D eigenvalue weighted by Gasteiger charge is -2.35. The molecule has 3 saturated carbocycles. The lowest BCUT2D eigenvalue weighted by Crippen LogP contribution is -2.45. The van der Waals surface area contributed by atoms with Crippen molar-refractivity contribution in [2.24, 2.45) is 23.3 Å². The normalized spacial score (nSPS) is 54.7. The predicted molar refractivity (Wildman–Crippen MR) is 102 cm³/mol.